The second kappa shape index (κ2) is 7.70. The maximum absolute atomic E-state index is 6.43. The van der Waals surface area contributed by atoms with Crippen LogP contribution in [0.3, 0.4) is 0 Å². The molecule has 2 nitrogen and oxygen atoms in total. The number of hydrogen-bond acceptors (Lipinski definition) is 2. The lowest BCUT2D eigenvalue weighted by Crippen LogP contribution is -2.36. The summed E-state index contributed by atoms with van der Waals surface area (Å²) in [4.78, 5) is 0. The fraction of sp³-hybridized carbons (Fsp3) is 0.556. The Morgan fingerprint density at radius 3 is 2.79 bits per heavy atom. The standard InChI is InChI=1S/C27H34O2/c1-3-13-28-26-19(2)23-15-21-14-22-11-7-8-12-27(22,17-21)24(23)16-25(26)29-18-20-9-5-4-6-10-20/h4-6,9-10,16,21-22H,3,7-8,11-15,17-18H2,1-2H3/t21?,22?,27-/m0/s1. The van der Waals surface area contributed by atoms with Crippen LogP contribution in [-0.4, -0.2) is 6.61 Å². The molecule has 29 heavy (non-hydrogen) atoms. The molecule has 3 aliphatic carbocycles. The molecule has 5 rings (SSSR count). The fourth-order valence-corrected chi connectivity index (χ4v) is 6.57. The van der Waals surface area contributed by atoms with Gasteiger partial charge in [-0.3, -0.25) is 0 Å². The van der Waals surface area contributed by atoms with Crippen molar-refractivity contribution in [2.75, 3.05) is 6.61 Å². The lowest BCUT2D eigenvalue weighted by atomic mass is 9.61. The predicted molar refractivity (Wildman–Crippen MR) is 118 cm³/mol. The van der Waals surface area contributed by atoms with E-state index in [1.54, 1.807) is 11.1 Å². The molecule has 2 saturated carbocycles. The molecule has 0 N–H and O–H groups in total. The molecule has 0 aliphatic heterocycles. The van der Waals surface area contributed by atoms with E-state index in [-0.39, 0.29) is 0 Å². The van der Waals surface area contributed by atoms with Crippen LogP contribution >= 0.6 is 0 Å². The van der Waals surface area contributed by atoms with Crippen molar-refractivity contribution in [1.82, 2.24) is 0 Å². The number of fused-ring (bicyclic) bond motifs is 2. The minimum atomic E-state index is 0.412. The fourth-order valence-electron chi connectivity index (χ4n) is 6.57. The van der Waals surface area contributed by atoms with Crippen molar-refractivity contribution in [3.63, 3.8) is 0 Å². The average molecular weight is 391 g/mol. The maximum Gasteiger partial charge on any atom is 0.164 e. The van der Waals surface area contributed by atoms with Crippen LogP contribution in [0.4, 0.5) is 0 Å². The number of hydrogen-bond donors (Lipinski definition) is 0. The monoisotopic (exact) mass is 390 g/mol. The summed E-state index contributed by atoms with van der Waals surface area (Å²) in [6.07, 6.45) is 10.7. The molecule has 2 aromatic rings. The van der Waals surface area contributed by atoms with Gasteiger partial charge in [-0.15, -0.1) is 0 Å². The van der Waals surface area contributed by atoms with Gasteiger partial charge in [0.15, 0.2) is 11.5 Å². The molecule has 3 aliphatic rings. The van der Waals surface area contributed by atoms with Crippen molar-refractivity contribution in [1.29, 1.82) is 0 Å². The molecule has 0 aromatic heterocycles. The summed E-state index contributed by atoms with van der Waals surface area (Å²) in [7, 11) is 0. The number of rotatable bonds is 6. The van der Waals surface area contributed by atoms with E-state index < -0.39 is 0 Å². The molecular weight excluding hydrogens is 356 g/mol. The first kappa shape index (κ1) is 19.0. The van der Waals surface area contributed by atoms with Gasteiger partial charge in [0.2, 0.25) is 0 Å². The van der Waals surface area contributed by atoms with E-state index >= 15 is 0 Å². The smallest absolute Gasteiger partial charge is 0.164 e. The van der Waals surface area contributed by atoms with Crippen molar-refractivity contribution in [3.8, 4) is 11.5 Å². The van der Waals surface area contributed by atoms with Gasteiger partial charge >= 0.3 is 0 Å². The van der Waals surface area contributed by atoms with Gasteiger partial charge in [-0.2, -0.15) is 0 Å². The third-order valence-corrected chi connectivity index (χ3v) is 7.81. The highest BCUT2D eigenvalue weighted by molar-refractivity contribution is 5.58. The Morgan fingerprint density at radius 2 is 1.97 bits per heavy atom. The molecule has 2 bridgehead atoms. The van der Waals surface area contributed by atoms with Gasteiger partial charge in [0.1, 0.15) is 6.61 Å². The Hall–Kier alpha value is -1.96. The molecule has 3 atom stereocenters. The van der Waals surface area contributed by atoms with Crippen molar-refractivity contribution in [2.24, 2.45) is 11.8 Å². The van der Waals surface area contributed by atoms with E-state index in [9.17, 15) is 0 Å². The van der Waals surface area contributed by atoms with Gasteiger partial charge in [0.25, 0.3) is 0 Å². The number of ether oxygens (including phenoxy) is 2. The van der Waals surface area contributed by atoms with Crippen LogP contribution in [0.2, 0.25) is 0 Å². The van der Waals surface area contributed by atoms with Crippen molar-refractivity contribution in [2.45, 2.75) is 77.2 Å². The predicted octanol–water partition coefficient (Wildman–Crippen LogP) is 6.76. The summed E-state index contributed by atoms with van der Waals surface area (Å²) in [5, 5.41) is 0. The zero-order valence-electron chi connectivity index (χ0n) is 18.0. The van der Waals surface area contributed by atoms with Gasteiger partial charge in [-0.1, -0.05) is 50.1 Å². The first-order valence-electron chi connectivity index (χ1n) is 11.7. The molecule has 0 amide bonds. The minimum absolute atomic E-state index is 0.412. The third-order valence-electron chi connectivity index (χ3n) is 7.81. The van der Waals surface area contributed by atoms with Crippen LogP contribution in [0.1, 0.15) is 74.1 Å². The van der Waals surface area contributed by atoms with Gasteiger partial charge in [0, 0.05) is 0 Å². The van der Waals surface area contributed by atoms with E-state index in [0.29, 0.717) is 12.0 Å². The lowest BCUT2D eigenvalue weighted by molar-refractivity contribution is 0.213. The Balaban J connectivity index is 1.56. The summed E-state index contributed by atoms with van der Waals surface area (Å²) in [5.41, 5.74) is 6.16. The molecule has 2 fully saturated rings. The van der Waals surface area contributed by atoms with Gasteiger partial charge in [-0.25, -0.2) is 0 Å². The van der Waals surface area contributed by atoms with Gasteiger partial charge < -0.3 is 9.47 Å². The topological polar surface area (TPSA) is 18.5 Å². The van der Waals surface area contributed by atoms with E-state index in [1.807, 2.05) is 0 Å². The van der Waals surface area contributed by atoms with Gasteiger partial charge in [-0.05, 0) is 91.0 Å². The second-order valence-corrected chi connectivity index (χ2v) is 9.59. The summed E-state index contributed by atoms with van der Waals surface area (Å²) in [5.74, 6) is 3.71. The Bertz CT molecular complexity index is 872. The summed E-state index contributed by atoms with van der Waals surface area (Å²) in [6, 6.07) is 12.9. The third kappa shape index (κ3) is 3.25. The maximum atomic E-state index is 6.43. The zero-order valence-corrected chi connectivity index (χ0v) is 18.0. The SMILES string of the molecule is CCCOc1c(OCc2ccccc2)cc2c(c1C)CC1CC3CCCC[C@@]23C1. The molecule has 0 heterocycles. The average Bonchev–Trinajstić information content (AvgIpc) is 3.06. The van der Waals surface area contributed by atoms with Crippen molar-refractivity contribution < 1.29 is 9.47 Å². The Labute approximate surface area is 175 Å². The molecule has 0 saturated heterocycles. The van der Waals surface area contributed by atoms with Crippen molar-refractivity contribution >= 4 is 0 Å². The lowest BCUT2D eigenvalue weighted by Gasteiger charge is -2.43. The van der Waals surface area contributed by atoms with Crippen LogP contribution in [0, 0.1) is 18.8 Å². The van der Waals surface area contributed by atoms with E-state index in [1.165, 1.54) is 56.1 Å². The first-order valence-corrected chi connectivity index (χ1v) is 11.7. The largest absolute Gasteiger partial charge is 0.489 e. The highest BCUT2D eigenvalue weighted by atomic mass is 16.5. The highest BCUT2D eigenvalue weighted by Crippen LogP contribution is 2.61. The number of benzene rings is 2. The zero-order chi connectivity index (χ0) is 19.8. The van der Waals surface area contributed by atoms with E-state index in [4.69, 9.17) is 9.47 Å². The van der Waals surface area contributed by atoms with Gasteiger partial charge in [0.05, 0.1) is 6.61 Å². The van der Waals surface area contributed by atoms with Crippen molar-refractivity contribution in [3.05, 3.63) is 58.7 Å². The summed E-state index contributed by atoms with van der Waals surface area (Å²) < 4.78 is 12.7. The molecule has 2 aromatic carbocycles. The van der Waals surface area contributed by atoms with Crippen LogP contribution in [-0.2, 0) is 18.4 Å². The Kier molecular flexibility index (Phi) is 5.05. The molecule has 0 radical (unpaired) electrons. The molecular formula is C27H34O2. The van der Waals surface area contributed by atoms with Crippen LogP contribution in [0.15, 0.2) is 36.4 Å². The minimum Gasteiger partial charge on any atom is -0.489 e. The van der Waals surface area contributed by atoms with Crippen LogP contribution < -0.4 is 9.47 Å². The normalized spacial score (nSPS) is 27.2. The molecule has 2 heteroatoms. The van der Waals surface area contributed by atoms with E-state index in [0.717, 1.165) is 36.4 Å². The molecule has 154 valence electrons. The Morgan fingerprint density at radius 1 is 1.10 bits per heavy atom. The highest BCUT2D eigenvalue weighted by Gasteiger charge is 2.53. The van der Waals surface area contributed by atoms with E-state index in [2.05, 4.69) is 50.2 Å². The molecule has 1 spiro atoms. The van der Waals surface area contributed by atoms with Crippen LogP contribution in [0.25, 0.3) is 0 Å². The first-order chi connectivity index (χ1) is 14.2. The quantitative estimate of drug-likeness (QED) is 0.543. The summed E-state index contributed by atoms with van der Waals surface area (Å²) in [6.45, 7) is 5.79. The molecule has 2 unspecified atom stereocenters. The second-order valence-electron chi connectivity index (χ2n) is 9.59. The van der Waals surface area contributed by atoms with Crippen LogP contribution in [0.5, 0.6) is 11.5 Å². The summed E-state index contributed by atoms with van der Waals surface area (Å²) >= 11 is 0.